The summed E-state index contributed by atoms with van der Waals surface area (Å²) < 4.78 is 29.4. The Bertz CT molecular complexity index is 2170. The Morgan fingerprint density at radius 1 is 1.09 bits per heavy atom. The largest absolute Gasteiger partial charge is 0.487 e. The molecule has 46 heavy (non-hydrogen) atoms. The quantitative estimate of drug-likeness (QED) is 0.119. The molecule has 0 N–H and O–H groups in total. The van der Waals surface area contributed by atoms with Crippen LogP contribution in [0.15, 0.2) is 111 Å². The number of aromatic nitrogens is 1. The number of nitrogens with zero attached hydrogens (tertiary/aromatic N) is 2. The minimum absolute atomic E-state index is 0.129. The van der Waals surface area contributed by atoms with E-state index in [9.17, 15) is 14.0 Å². The number of halogens is 4. The van der Waals surface area contributed by atoms with Crippen LogP contribution < -0.4 is 19.6 Å². The molecule has 11 heteroatoms. The third-order valence-corrected chi connectivity index (χ3v) is 9.63. The standard InChI is InChI=1S/C35H24BrClFIN2O4S/c1-2-44-34(43)29-30(21-8-4-3-5-9-21)40-35-41(31(29)22-11-13-26(38)14-12-22)33(42)28(46-35)17-23-16-24(36)18-27(39)32(23)45-19-20-7-6-10-25(37)15-20/h3-18,31H,2,19H2,1H3/b28-17-/t31-/m0/s1. The fourth-order valence-electron chi connectivity index (χ4n) is 5.16. The van der Waals surface area contributed by atoms with Gasteiger partial charge in [-0.3, -0.25) is 9.36 Å². The molecule has 0 amide bonds. The highest BCUT2D eigenvalue weighted by Gasteiger charge is 2.35. The van der Waals surface area contributed by atoms with Crippen LogP contribution in [0.3, 0.4) is 0 Å². The van der Waals surface area contributed by atoms with Crippen molar-refractivity contribution in [1.29, 1.82) is 0 Å². The monoisotopic (exact) mass is 828 g/mol. The second kappa shape index (κ2) is 14.0. The molecule has 5 aromatic rings. The highest BCUT2D eigenvalue weighted by atomic mass is 127. The van der Waals surface area contributed by atoms with Crippen molar-refractivity contribution >= 4 is 79.2 Å². The zero-order valence-electron chi connectivity index (χ0n) is 24.2. The topological polar surface area (TPSA) is 69.9 Å². The fourth-order valence-corrected chi connectivity index (χ4v) is 8.07. The third-order valence-electron chi connectivity index (χ3n) is 7.16. The molecule has 0 aliphatic carbocycles. The molecule has 2 heterocycles. The van der Waals surface area contributed by atoms with E-state index in [4.69, 9.17) is 26.1 Å². The molecule has 4 aromatic carbocycles. The summed E-state index contributed by atoms with van der Waals surface area (Å²) in [5.74, 6) is -0.440. The number of esters is 1. The van der Waals surface area contributed by atoms with E-state index in [0.717, 1.165) is 13.6 Å². The zero-order valence-corrected chi connectivity index (χ0v) is 29.5. The summed E-state index contributed by atoms with van der Waals surface area (Å²) in [5.41, 5.74) is 3.04. The Hall–Kier alpha value is -3.58. The summed E-state index contributed by atoms with van der Waals surface area (Å²) in [6.45, 7) is 2.12. The number of rotatable bonds is 8. The minimum atomic E-state index is -0.908. The number of hydrogen-bond donors (Lipinski definition) is 0. The van der Waals surface area contributed by atoms with Gasteiger partial charge >= 0.3 is 5.97 Å². The lowest BCUT2D eigenvalue weighted by Gasteiger charge is -2.25. The lowest BCUT2D eigenvalue weighted by atomic mass is 9.93. The Morgan fingerprint density at radius 3 is 2.57 bits per heavy atom. The first-order chi connectivity index (χ1) is 22.2. The molecule has 0 saturated heterocycles. The summed E-state index contributed by atoms with van der Waals surface area (Å²) in [6.07, 6.45) is 1.77. The van der Waals surface area contributed by atoms with Crippen molar-refractivity contribution in [3.63, 3.8) is 0 Å². The molecular formula is C35H24BrClFIN2O4S. The maximum atomic E-state index is 14.3. The van der Waals surface area contributed by atoms with Crippen molar-refractivity contribution < 1.29 is 18.7 Å². The minimum Gasteiger partial charge on any atom is -0.487 e. The number of carbonyl (C=O) groups excluding carboxylic acids is 1. The van der Waals surface area contributed by atoms with Gasteiger partial charge in [0.05, 0.1) is 32.0 Å². The first-order valence-electron chi connectivity index (χ1n) is 14.1. The molecule has 0 fully saturated rings. The van der Waals surface area contributed by atoms with E-state index >= 15 is 0 Å². The Balaban J connectivity index is 1.56. The number of carbonyl (C=O) groups is 1. The normalized spacial score (nSPS) is 14.5. The Labute approximate surface area is 294 Å². The lowest BCUT2D eigenvalue weighted by Crippen LogP contribution is -2.40. The number of benzene rings is 4. The summed E-state index contributed by atoms with van der Waals surface area (Å²) in [5, 5.41) is 0.612. The number of hydrogen-bond acceptors (Lipinski definition) is 6. The van der Waals surface area contributed by atoms with Crippen molar-refractivity contribution in [2.75, 3.05) is 6.61 Å². The summed E-state index contributed by atoms with van der Waals surface area (Å²) in [4.78, 5) is 33.2. The highest BCUT2D eigenvalue weighted by molar-refractivity contribution is 14.1. The van der Waals surface area contributed by atoms with Crippen molar-refractivity contribution in [2.24, 2.45) is 4.99 Å². The molecule has 0 unspecified atom stereocenters. The van der Waals surface area contributed by atoms with E-state index in [1.165, 1.54) is 28.0 Å². The maximum Gasteiger partial charge on any atom is 0.338 e. The molecule has 0 radical (unpaired) electrons. The molecular weight excluding hydrogens is 806 g/mol. The van der Waals surface area contributed by atoms with Crippen LogP contribution in [0.5, 0.6) is 5.75 Å². The number of fused-ring (bicyclic) bond motifs is 1. The predicted octanol–water partition coefficient (Wildman–Crippen LogP) is 7.67. The summed E-state index contributed by atoms with van der Waals surface area (Å²) in [6, 6.07) is 25.4. The van der Waals surface area contributed by atoms with Crippen LogP contribution in [0.25, 0.3) is 11.8 Å². The number of thiazole rings is 1. The van der Waals surface area contributed by atoms with Gasteiger partial charge in [-0.05, 0) is 83.1 Å². The van der Waals surface area contributed by atoms with Crippen LogP contribution in [0, 0.1) is 9.39 Å². The van der Waals surface area contributed by atoms with Gasteiger partial charge in [-0.25, -0.2) is 14.2 Å². The molecule has 0 spiro atoms. The van der Waals surface area contributed by atoms with Gasteiger partial charge in [0.15, 0.2) is 4.80 Å². The van der Waals surface area contributed by atoms with Gasteiger partial charge in [0.1, 0.15) is 18.2 Å². The second-order valence-electron chi connectivity index (χ2n) is 10.2. The van der Waals surface area contributed by atoms with E-state index in [2.05, 4.69) is 38.5 Å². The summed E-state index contributed by atoms with van der Waals surface area (Å²) in [7, 11) is 0. The van der Waals surface area contributed by atoms with Crippen molar-refractivity contribution in [2.45, 2.75) is 19.6 Å². The van der Waals surface area contributed by atoms with E-state index in [1.54, 1.807) is 31.2 Å². The van der Waals surface area contributed by atoms with Crippen LogP contribution in [-0.4, -0.2) is 17.1 Å². The van der Waals surface area contributed by atoms with Crippen LogP contribution in [0.1, 0.15) is 35.2 Å². The van der Waals surface area contributed by atoms with Gasteiger partial charge in [0, 0.05) is 20.6 Å². The Morgan fingerprint density at radius 2 is 1.85 bits per heavy atom. The van der Waals surface area contributed by atoms with E-state index in [1.807, 2.05) is 60.7 Å². The molecule has 1 aromatic heterocycles. The number of ether oxygens (including phenoxy) is 2. The van der Waals surface area contributed by atoms with Crippen LogP contribution in [-0.2, 0) is 16.1 Å². The fraction of sp³-hybridized carbons (Fsp3) is 0.114. The first kappa shape index (κ1) is 32.4. The molecule has 6 nitrogen and oxygen atoms in total. The van der Waals surface area contributed by atoms with Gasteiger partial charge < -0.3 is 9.47 Å². The second-order valence-corrected chi connectivity index (χ2v) is 13.7. The average molecular weight is 830 g/mol. The van der Waals surface area contributed by atoms with Gasteiger partial charge in [0.25, 0.3) is 5.56 Å². The maximum absolute atomic E-state index is 14.3. The average Bonchev–Trinajstić information content (AvgIpc) is 3.35. The molecule has 232 valence electrons. The van der Waals surface area contributed by atoms with Gasteiger partial charge in [-0.2, -0.15) is 0 Å². The van der Waals surface area contributed by atoms with Crippen LogP contribution in [0.4, 0.5) is 4.39 Å². The van der Waals surface area contributed by atoms with Crippen molar-refractivity contribution in [3.05, 3.63) is 157 Å². The van der Waals surface area contributed by atoms with Crippen LogP contribution in [0.2, 0.25) is 5.02 Å². The first-order valence-corrected chi connectivity index (χ1v) is 17.2. The van der Waals surface area contributed by atoms with Gasteiger partial charge in [0.2, 0.25) is 0 Å². The highest BCUT2D eigenvalue weighted by Crippen LogP contribution is 2.36. The van der Waals surface area contributed by atoms with E-state index in [-0.39, 0.29) is 24.3 Å². The van der Waals surface area contributed by atoms with Gasteiger partial charge in [-0.1, -0.05) is 93.5 Å². The molecule has 1 aliphatic rings. The molecule has 1 atom stereocenters. The lowest BCUT2D eigenvalue weighted by molar-refractivity contribution is -0.138. The van der Waals surface area contributed by atoms with Gasteiger partial charge in [-0.15, -0.1) is 0 Å². The van der Waals surface area contributed by atoms with Crippen LogP contribution >= 0.6 is 61.5 Å². The van der Waals surface area contributed by atoms with Crippen molar-refractivity contribution in [1.82, 2.24) is 4.57 Å². The van der Waals surface area contributed by atoms with E-state index in [0.29, 0.717) is 42.5 Å². The zero-order chi connectivity index (χ0) is 32.4. The smallest absolute Gasteiger partial charge is 0.338 e. The summed E-state index contributed by atoms with van der Waals surface area (Å²) >= 11 is 13.2. The molecule has 1 aliphatic heterocycles. The SMILES string of the molecule is CCOC(=O)C1=C(c2ccccc2)N=c2s/c(=C\c3cc(Br)cc(I)c3OCc3cccc(Cl)c3)c(=O)n2[C@H]1c1ccc(F)cc1. The van der Waals surface area contributed by atoms with E-state index < -0.39 is 17.8 Å². The van der Waals surface area contributed by atoms with Crippen molar-refractivity contribution in [3.8, 4) is 5.75 Å². The Kier molecular flexibility index (Phi) is 9.88. The molecule has 0 bridgehead atoms. The molecule has 0 saturated carbocycles. The molecule has 6 rings (SSSR count). The third kappa shape index (κ3) is 6.76. The predicted molar refractivity (Wildman–Crippen MR) is 190 cm³/mol.